The SMILES string of the molecule is CCCCN(CCCC)CCCOc1ccc(S(=O)(=O)c2ccc(C)cc2)cc1. The van der Waals surface area contributed by atoms with Crippen molar-refractivity contribution in [3.8, 4) is 5.75 Å². The lowest BCUT2D eigenvalue weighted by atomic mass is 10.2. The largest absolute Gasteiger partial charge is 0.494 e. The Bertz CT molecular complexity index is 806. The molecule has 29 heavy (non-hydrogen) atoms. The van der Waals surface area contributed by atoms with E-state index in [1.165, 1.54) is 25.7 Å². The minimum Gasteiger partial charge on any atom is -0.494 e. The highest BCUT2D eigenvalue weighted by Crippen LogP contribution is 2.23. The number of hydrogen-bond donors (Lipinski definition) is 0. The predicted octanol–water partition coefficient (Wildman–Crippen LogP) is 5.50. The number of aryl methyl sites for hydroxylation is 1. The average molecular weight is 418 g/mol. The number of sulfone groups is 1. The van der Waals surface area contributed by atoms with Crippen molar-refractivity contribution in [2.45, 2.75) is 62.7 Å². The van der Waals surface area contributed by atoms with Crippen LogP contribution in [0.15, 0.2) is 58.3 Å². The van der Waals surface area contributed by atoms with Crippen LogP contribution >= 0.6 is 0 Å². The zero-order valence-electron chi connectivity index (χ0n) is 18.1. The van der Waals surface area contributed by atoms with Crippen molar-refractivity contribution in [2.24, 2.45) is 0 Å². The van der Waals surface area contributed by atoms with Gasteiger partial charge in [-0.15, -0.1) is 0 Å². The Hall–Kier alpha value is -1.85. The summed E-state index contributed by atoms with van der Waals surface area (Å²) in [7, 11) is -3.49. The summed E-state index contributed by atoms with van der Waals surface area (Å²) in [6.07, 6.45) is 5.88. The first-order valence-corrected chi connectivity index (χ1v) is 12.2. The average Bonchev–Trinajstić information content (AvgIpc) is 2.73. The fourth-order valence-corrected chi connectivity index (χ4v) is 4.41. The molecular formula is C24H35NO3S. The highest BCUT2D eigenvalue weighted by molar-refractivity contribution is 7.91. The lowest BCUT2D eigenvalue weighted by molar-refractivity contribution is 0.229. The highest BCUT2D eigenvalue weighted by atomic mass is 32.2. The Balaban J connectivity index is 1.86. The second-order valence-corrected chi connectivity index (χ2v) is 9.49. The molecule has 0 N–H and O–H groups in total. The van der Waals surface area contributed by atoms with Crippen LogP contribution in [0.25, 0.3) is 0 Å². The number of unbranched alkanes of at least 4 members (excludes halogenated alkanes) is 2. The Morgan fingerprint density at radius 2 is 1.24 bits per heavy atom. The summed E-state index contributed by atoms with van der Waals surface area (Å²) >= 11 is 0. The summed E-state index contributed by atoms with van der Waals surface area (Å²) in [5, 5.41) is 0. The molecule has 0 aliphatic rings. The number of rotatable bonds is 13. The molecular weight excluding hydrogens is 382 g/mol. The summed E-state index contributed by atoms with van der Waals surface area (Å²) in [4.78, 5) is 3.13. The Morgan fingerprint density at radius 1 is 0.759 bits per heavy atom. The van der Waals surface area contributed by atoms with Crippen molar-refractivity contribution >= 4 is 9.84 Å². The zero-order chi connectivity index (χ0) is 21.1. The van der Waals surface area contributed by atoms with E-state index in [0.717, 1.165) is 31.6 Å². The third-order valence-electron chi connectivity index (χ3n) is 5.01. The Kier molecular flexibility index (Phi) is 9.68. The number of nitrogens with zero attached hydrogens (tertiary/aromatic N) is 1. The molecule has 4 nitrogen and oxygen atoms in total. The second-order valence-electron chi connectivity index (χ2n) is 7.54. The summed E-state index contributed by atoms with van der Waals surface area (Å²) in [6, 6.07) is 13.7. The normalized spacial score (nSPS) is 11.7. The lowest BCUT2D eigenvalue weighted by Gasteiger charge is -2.21. The number of hydrogen-bond acceptors (Lipinski definition) is 4. The molecule has 0 saturated heterocycles. The molecule has 2 aromatic carbocycles. The molecule has 5 heteroatoms. The summed E-state index contributed by atoms with van der Waals surface area (Å²) in [5.74, 6) is 0.710. The maximum Gasteiger partial charge on any atom is 0.206 e. The van der Waals surface area contributed by atoms with E-state index in [2.05, 4.69) is 18.7 Å². The van der Waals surface area contributed by atoms with Gasteiger partial charge in [0.25, 0.3) is 0 Å². The molecule has 0 radical (unpaired) electrons. The van der Waals surface area contributed by atoms with E-state index in [0.29, 0.717) is 22.1 Å². The number of ether oxygens (including phenoxy) is 1. The first kappa shape index (κ1) is 23.4. The van der Waals surface area contributed by atoms with Gasteiger partial charge >= 0.3 is 0 Å². The van der Waals surface area contributed by atoms with Crippen LogP contribution < -0.4 is 4.74 Å². The second kappa shape index (κ2) is 12.0. The Morgan fingerprint density at radius 3 is 1.76 bits per heavy atom. The molecule has 0 amide bonds. The van der Waals surface area contributed by atoms with Gasteiger partial charge in [-0.25, -0.2) is 8.42 Å². The molecule has 0 aliphatic carbocycles. The smallest absolute Gasteiger partial charge is 0.206 e. The van der Waals surface area contributed by atoms with Gasteiger partial charge in [0.1, 0.15) is 5.75 Å². The van der Waals surface area contributed by atoms with Gasteiger partial charge in [0.2, 0.25) is 9.84 Å². The standard InChI is InChI=1S/C24H35NO3S/c1-4-6-17-25(18-7-5-2)19-8-20-28-22-11-15-24(16-12-22)29(26,27)23-13-9-21(3)10-14-23/h9-16H,4-8,17-20H2,1-3H3. The van der Waals surface area contributed by atoms with Gasteiger partial charge < -0.3 is 9.64 Å². The van der Waals surface area contributed by atoms with E-state index >= 15 is 0 Å². The molecule has 0 aliphatic heterocycles. The maximum absolute atomic E-state index is 12.7. The van der Waals surface area contributed by atoms with Gasteiger partial charge in [-0.1, -0.05) is 44.4 Å². The molecule has 0 bridgehead atoms. The van der Waals surface area contributed by atoms with Gasteiger partial charge in [-0.05, 0) is 75.7 Å². The topological polar surface area (TPSA) is 46.6 Å². The molecule has 2 rings (SSSR count). The molecule has 0 spiro atoms. The van der Waals surface area contributed by atoms with E-state index in [-0.39, 0.29) is 0 Å². The first-order valence-electron chi connectivity index (χ1n) is 10.7. The molecule has 0 heterocycles. The van der Waals surface area contributed by atoms with E-state index < -0.39 is 9.84 Å². The highest BCUT2D eigenvalue weighted by Gasteiger charge is 2.17. The van der Waals surface area contributed by atoms with E-state index in [4.69, 9.17) is 4.74 Å². The van der Waals surface area contributed by atoms with Crippen molar-refractivity contribution in [1.82, 2.24) is 4.90 Å². The monoisotopic (exact) mass is 417 g/mol. The van der Waals surface area contributed by atoms with Crippen LogP contribution in [-0.2, 0) is 9.84 Å². The number of benzene rings is 2. The summed E-state index contributed by atoms with van der Waals surface area (Å²) in [5.41, 5.74) is 1.04. The quantitative estimate of drug-likeness (QED) is 0.404. The first-order chi connectivity index (χ1) is 14.0. The maximum atomic E-state index is 12.7. The van der Waals surface area contributed by atoms with E-state index in [1.807, 2.05) is 19.1 Å². The zero-order valence-corrected chi connectivity index (χ0v) is 18.9. The van der Waals surface area contributed by atoms with Crippen molar-refractivity contribution in [2.75, 3.05) is 26.2 Å². The van der Waals surface area contributed by atoms with Gasteiger partial charge in [0.15, 0.2) is 0 Å². The minimum atomic E-state index is -3.49. The lowest BCUT2D eigenvalue weighted by Crippen LogP contribution is -2.28. The Labute approximate surface area is 176 Å². The van der Waals surface area contributed by atoms with Crippen LogP contribution in [-0.4, -0.2) is 39.6 Å². The van der Waals surface area contributed by atoms with Gasteiger partial charge in [-0.2, -0.15) is 0 Å². The molecule has 0 unspecified atom stereocenters. The molecule has 0 atom stereocenters. The molecule has 160 valence electrons. The van der Waals surface area contributed by atoms with Crippen molar-refractivity contribution < 1.29 is 13.2 Å². The summed E-state index contributed by atoms with van der Waals surface area (Å²) < 4.78 is 31.3. The molecule has 2 aromatic rings. The van der Waals surface area contributed by atoms with E-state index in [9.17, 15) is 8.42 Å². The molecule has 0 saturated carbocycles. The fraction of sp³-hybridized carbons (Fsp3) is 0.500. The van der Waals surface area contributed by atoms with Crippen LogP contribution in [0.1, 0.15) is 51.5 Å². The van der Waals surface area contributed by atoms with Crippen LogP contribution in [0.5, 0.6) is 5.75 Å². The van der Waals surface area contributed by atoms with Crippen molar-refractivity contribution in [3.63, 3.8) is 0 Å². The summed E-state index contributed by atoms with van der Waals surface area (Å²) in [6.45, 7) is 10.4. The van der Waals surface area contributed by atoms with E-state index in [1.54, 1.807) is 36.4 Å². The van der Waals surface area contributed by atoms with Gasteiger partial charge in [0, 0.05) is 6.54 Å². The molecule has 0 fully saturated rings. The van der Waals surface area contributed by atoms with Crippen LogP contribution in [0.2, 0.25) is 0 Å². The third kappa shape index (κ3) is 7.48. The van der Waals surface area contributed by atoms with Crippen molar-refractivity contribution in [3.05, 3.63) is 54.1 Å². The van der Waals surface area contributed by atoms with Gasteiger partial charge in [-0.3, -0.25) is 0 Å². The van der Waals surface area contributed by atoms with Crippen LogP contribution in [0.3, 0.4) is 0 Å². The van der Waals surface area contributed by atoms with Crippen LogP contribution in [0.4, 0.5) is 0 Å². The van der Waals surface area contributed by atoms with Crippen LogP contribution in [0, 0.1) is 6.92 Å². The predicted molar refractivity (Wildman–Crippen MR) is 119 cm³/mol. The third-order valence-corrected chi connectivity index (χ3v) is 6.79. The van der Waals surface area contributed by atoms with Gasteiger partial charge in [0.05, 0.1) is 16.4 Å². The molecule has 0 aromatic heterocycles. The van der Waals surface area contributed by atoms with Crippen molar-refractivity contribution in [1.29, 1.82) is 0 Å². The fourth-order valence-electron chi connectivity index (χ4n) is 3.15. The minimum absolute atomic E-state index is 0.291.